The molecule has 1 fully saturated rings. The van der Waals surface area contributed by atoms with Gasteiger partial charge in [-0.05, 0) is 30.3 Å². The largest absolute Gasteiger partial charge is 0.461 e. The van der Waals surface area contributed by atoms with Gasteiger partial charge in [0.25, 0.3) is 0 Å². The number of H-pyrrole nitrogens is 1. The number of benzene rings is 1. The first-order valence-corrected chi connectivity index (χ1v) is 10.3. The molecule has 3 heterocycles. The standard InChI is InChI=1S/C22H25FN4O5/c1-29-8-9-30-22-24-7-6-17(25-22)21-20(15-2-4-16(23)5-3-15)26-18(27-21)10-19-31-12-14(11-28)13-32-19/h2-7,14,19,28H,8-13H2,1H3,(H,26,27). The van der Waals surface area contributed by atoms with Gasteiger partial charge in [0, 0.05) is 24.8 Å². The molecule has 0 aliphatic carbocycles. The van der Waals surface area contributed by atoms with Gasteiger partial charge in [0.1, 0.15) is 18.2 Å². The van der Waals surface area contributed by atoms with Gasteiger partial charge < -0.3 is 29.0 Å². The van der Waals surface area contributed by atoms with Crippen LogP contribution in [-0.2, 0) is 20.6 Å². The summed E-state index contributed by atoms with van der Waals surface area (Å²) in [7, 11) is 1.59. The van der Waals surface area contributed by atoms with Crippen LogP contribution in [0.5, 0.6) is 6.01 Å². The number of aliphatic hydroxyl groups excluding tert-OH is 1. The summed E-state index contributed by atoms with van der Waals surface area (Å²) < 4.78 is 35.4. The summed E-state index contributed by atoms with van der Waals surface area (Å²) >= 11 is 0. The minimum atomic E-state index is -0.476. The van der Waals surface area contributed by atoms with Crippen LogP contribution in [0, 0.1) is 11.7 Å². The summed E-state index contributed by atoms with van der Waals surface area (Å²) in [4.78, 5) is 16.6. The number of aliphatic hydroxyl groups is 1. The van der Waals surface area contributed by atoms with Gasteiger partial charge in [0.15, 0.2) is 6.29 Å². The van der Waals surface area contributed by atoms with Crippen molar-refractivity contribution >= 4 is 0 Å². The van der Waals surface area contributed by atoms with Gasteiger partial charge in [-0.2, -0.15) is 4.98 Å². The molecule has 3 aromatic rings. The third kappa shape index (κ3) is 5.46. The average Bonchev–Trinajstić information content (AvgIpc) is 3.24. The van der Waals surface area contributed by atoms with Crippen molar-refractivity contribution in [1.29, 1.82) is 0 Å². The number of aromatic amines is 1. The van der Waals surface area contributed by atoms with Crippen molar-refractivity contribution in [3.05, 3.63) is 48.2 Å². The maximum Gasteiger partial charge on any atom is 0.317 e. The second-order valence-corrected chi connectivity index (χ2v) is 7.33. The molecule has 2 aromatic heterocycles. The normalized spacial score (nSPS) is 18.6. The Bertz CT molecular complexity index is 1010. The Kier molecular flexibility index (Phi) is 7.38. The topological polar surface area (TPSA) is 112 Å². The fourth-order valence-electron chi connectivity index (χ4n) is 3.25. The van der Waals surface area contributed by atoms with Crippen LogP contribution in [0.3, 0.4) is 0 Å². The van der Waals surface area contributed by atoms with E-state index in [0.717, 1.165) is 5.56 Å². The first kappa shape index (κ1) is 22.3. The molecule has 1 aromatic carbocycles. The number of aromatic nitrogens is 4. The van der Waals surface area contributed by atoms with Crippen LogP contribution in [-0.4, -0.2) is 71.5 Å². The van der Waals surface area contributed by atoms with Crippen LogP contribution >= 0.6 is 0 Å². The Morgan fingerprint density at radius 1 is 1.12 bits per heavy atom. The molecule has 0 radical (unpaired) electrons. The Balaban J connectivity index is 1.61. The minimum absolute atomic E-state index is 0.0225. The number of methoxy groups -OCH3 is 1. The van der Waals surface area contributed by atoms with E-state index < -0.39 is 6.29 Å². The second-order valence-electron chi connectivity index (χ2n) is 7.33. The highest BCUT2D eigenvalue weighted by Crippen LogP contribution is 2.30. The van der Waals surface area contributed by atoms with E-state index in [4.69, 9.17) is 23.9 Å². The molecular formula is C22H25FN4O5. The van der Waals surface area contributed by atoms with E-state index in [1.807, 2.05) is 0 Å². The summed E-state index contributed by atoms with van der Waals surface area (Å²) in [5.41, 5.74) is 2.58. The lowest BCUT2D eigenvalue weighted by Crippen LogP contribution is -2.35. The number of hydrogen-bond donors (Lipinski definition) is 2. The zero-order valence-electron chi connectivity index (χ0n) is 17.7. The summed E-state index contributed by atoms with van der Waals surface area (Å²) in [5, 5.41) is 9.23. The number of nitrogens with zero attached hydrogens (tertiary/aromatic N) is 3. The molecule has 0 unspecified atom stereocenters. The molecule has 9 nitrogen and oxygen atoms in total. The lowest BCUT2D eigenvalue weighted by molar-refractivity contribution is -0.204. The lowest BCUT2D eigenvalue weighted by Gasteiger charge is -2.27. The summed E-state index contributed by atoms with van der Waals surface area (Å²) in [6.07, 6.45) is 1.51. The summed E-state index contributed by atoms with van der Waals surface area (Å²) in [5.74, 6) is 0.280. The molecule has 32 heavy (non-hydrogen) atoms. The fraction of sp³-hybridized carbons (Fsp3) is 0.409. The lowest BCUT2D eigenvalue weighted by atomic mass is 10.1. The van der Waals surface area contributed by atoms with Crippen LogP contribution < -0.4 is 4.74 Å². The third-order valence-corrected chi connectivity index (χ3v) is 4.93. The summed E-state index contributed by atoms with van der Waals surface area (Å²) in [6.45, 7) is 1.61. The molecule has 1 aliphatic heterocycles. The van der Waals surface area contributed by atoms with Gasteiger partial charge in [0.2, 0.25) is 0 Å². The first-order valence-electron chi connectivity index (χ1n) is 10.3. The average molecular weight is 444 g/mol. The van der Waals surface area contributed by atoms with Crippen molar-refractivity contribution in [2.75, 3.05) is 40.1 Å². The molecule has 10 heteroatoms. The van der Waals surface area contributed by atoms with E-state index in [-0.39, 0.29) is 24.4 Å². The Morgan fingerprint density at radius 3 is 2.62 bits per heavy atom. The number of imidazole rings is 1. The number of rotatable bonds is 9. The molecule has 0 atom stereocenters. The van der Waals surface area contributed by atoms with Crippen molar-refractivity contribution in [1.82, 2.24) is 19.9 Å². The highest BCUT2D eigenvalue weighted by molar-refractivity contribution is 5.76. The quantitative estimate of drug-likeness (QED) is 0.484. The molecule has 0 amide bonds. The van der Waals surface area contributed by atoms with E-state index >= 15 is 0 Å². The Morgan fingerprint density at radius 2 is 1.91 bits per heavy atom. The molecule has 0 bridgehead atoms. The molecule has 1 aliphatic rings. The SMILES string of the molecule is COCCOc1nccc(-c2[nH]c(CC3OCC(CO)CO3)nc2-c2ccc(F)cc2)n1. The molecular weight excluding hydrogens is 419 g/mol. The van der Waals surface area contributed by atoms with Crippen LogP contribution in [0.25, 0.3) is 22.6 Å². The van der Waals surface area contributed by atoms with E-state index in [2.05, 4.69) is 15.0 Å². The van der Waals surface area contributed by atoms with E-state index in [1.165, 1.54) is 12.1 Å². The van der Waals surface area contributed by atoms with E-state index in [1.54, 1.807) is 31.5 Å². The molecule has 0 spiro atoms. The zero-order valence-corrected chi connectivity index (χ0v) is 17.7. The van der Waals surface area contributed by atoms with Crippen molar-refractivity contribution < 1.29 is 28.4 Å². The maximum atomic E-state index is 13.5. The zero-order chi connectivity index (χ0) is 22.3. The molecule has 170 valence electrons. The third-order valence-electron chi connectivity index (χ3n) is 4.93. The Hall–Kier alpha value is -2.92. The highest BCUT2D eigenvalue weighted by Gasteiger charge is 2.24. The number of halogens is 1. The number of ether oxygens (including phenoxy) is 4. The van der Waals surface area contributed by atoms with E-state index in [0.29, 0.717) is 55.8 Å². The van der Waals surface area contributed by atoms with Crippen molar-refractivity contribution in [2.45, 2.75) is 12.7 Å². The van der Waals surface area contributed by atoms with E-state index in [9.17, 15) is 9.50 Å². The van der Waals surface area contributed by atoms with Gasteiger partial charge in [0.05, 0.1) is 49.9 Å². The van der Waals surface area contributed by atoms with Crippen molar-refractivity contribution in [3.8, 4) is 28.7 Å². The molecule has 2 N–H and O–H groups in total. The van der Waals surface area contributed by atoms with Gasteiger partial charge in [-0.1, -0.05) is 0 Å². The van der Waals surface area contributed by atoms with Crippen LogP contribution in [0.1, 0.15) is 5.82 Å². The van der Waals surface area contributed by atoms with Crippen LogP contribution in [0.15, 0.2) is 36.5 Å². The predicted octanol–water partition coefficient (Wildman–Crippen LogP) is 2.22. The van der Waals surface area contributed by atoms with Crippen molar-refractivity contribution in [3.63, 3.8) is 0 Å². The maximum absolute atomic E-state index is 13.5. The molecule has 1 saturated heterocycles. The van der Waals surface area contributed by atoms with Gasteiger partial charge in [-0.25, -0.2) is 14.4 Å². The highest BCUT2D eigenvalue weighted by atomic mass is 19.1. The van der Waals surface area contributed by atoms with Crippen molar-refractivity contribution in [2.24, 2.45) is 5.92 Å². The van der Waals surface area contributed by atoms with Gasteiger partial charge in [-0.15, -0.1) is 0 Å². The fourth-order valence-corrected chi connectivity index (χ4v) is 3.25. The second kappa shape index (κ2) is 10.6. The first-order chi connectivity index (χ1) is 15.7. The number of nitrogens with one attached hydrogen (secondary N) is 1. The molecule has 4 rings (SSSR count). The summed E-state index contributed by atoms with van der Waals surface area (Å²) in [6, 6.07) is 8.05. The number of hydrogen-bond acceptors (Lipinski definition) is 8. The van der Waals surface area contributed by atoms with Gasteiger partial charge in [-0.3, -0.25) is 0 Å². The molecule has 0 saturated carbocycles. The smallest absolute Gasteiger partial charge is 0.317 e. The van der Waals surface area contributed by atoms with Gasteiger partial charge >= 0.3 is 6.01 Å². The predicted molar refractivity (Wildman–Crippen MR) is 112 cm³/mol. The Labute approximate surface area is 184 Å². The monoisotopic (exact) mass is 444 g/mol. The van der Waals surface area contributed by atoms with Crippen LogP contribution in [0.2, 0.25) is 0 Å². The minimum Gasteiger partial charge on any atom is -0.461 e. The van der Waals surface area contributed by atoms with Crippen LogP contribution in [0.4, 0.5) is 4.39 Å².